The van der Waals surface area contributed by atoms with Crippen LogP contribution in [0.3, 0.4) is 0 Å². The highest BCUT2D eigenvalue weighted by atomic mass is 79.9. The predicted octanol–water partition coefficient (Wildman–Crippen LogP) is 3.10. The molecule has 0 saturated carbocycles. The fourth-order valence-corrected chi connectivity index (χ4v) is 2.26. The van der Waals surface area contributed by atoms with E-state index in [1.807, 2.05) is 19.1 Å². The number of benzene rings is 1. The molecule has 0 radical (unpaired) electrons. The van der Waals surface area contributed by atoms with Crippen LogP contribution in [0.5, 0.6) is 17.5 Å². The minimum atomic E-state index is -0.0224. The van der Waals surface area contributed by atoms with Crippen molar-refractivity contribution in [3.8, 4) is 23.2 Å². The molecule has 0 aliphatic heterocycles. The van der Waals surface area contributed by atoms with Gasteiger partial charge in [0, 0.05) is 17.0 Å². The Hall–Kier alpha value is -1.62. The fourth-order valence-electron chi connectivity index (χ4n) is 1.85. The molecule has 4 nitrogen and oxygen atoms in total. The zero-order chi connectivity index (χ0) is 13.3. The summed E-state index contributed by atoms with van der Waals surface area (Å²) in [5, 5.41) is 20.5. The largest absolute Gasteiger partial charge is 0.495 e. The van der Waals surface area contributed by atoms with Crippen LogP contribution >= 0.6 is 15.9 Å². The lowest BCUT2D eigenvalue weighted by molar-refractivity contribution is 0.386. The van der Waals surface area contributed by atoms with E-state index in [0.29, 0.717) is 22.3 Å². The fraction of sp³-hybridized carbons (Fsp3) is 0.231. The van der Waals surface area contributed by atoms with Crippen molar-refractivity contribution < 1.29 is 14.9 Å². The van der Waals surface area contributed by atoms with Crippen molar-refractivity contribution in [1.82, 2.24) is 4.57 Å². The molecular formula is C13H14BrNO3. The smallest absolute Gasteiger partial charge is 0.202 e. The lowest BCUT2D eigenvalue weighted by Gasteiger charge is -2.12. The Labute approximate surface area is 114 Å². The SMILES string of the molecule is COc1ccc(C)cc1-n1c(O)cc(CBr)c1O. The Morgan fingerprint density at radius 3 is 2.56 bits per heavy atom. The highest BCUT2D eigenvalue weighted by molar-refractivity contribution is 9.08. The average molecular weight is 312 g/mol. The van der Waals surface area contributed by atoms with Crippen molar-refractivity contribution in [3.05, 3.63) is 35.4 Å². The molecule has 0 bridgehead atoms. The Morgan fingerprint density at radius 2 is 2.00 bits per heavy atom. The Morgan fingerprint density at radius 1 is 1.28 bits per heavy atom. The number of rotatable bonds is 3. The van der Waals surface area contributed by atoms with Crippen molar-refractivity contribution in [1.29, 1.82) is 0 Å². The molecule has 0 aliphatic carbocycles. The maximum absolute atomic E-state index is 10.1. The van der Waals surface area contributed by atoms with Crippen molar-refractivity contribution >= 4 is 15.9 Å². The summed E-state index contributed by atoms with van der Waals surface area (Å²) >= 11 is 3.26. The molecule has 2 aromatic rings. The monoisotopic (exact) mass is 311 g/mol. The molecule has 0 aliphatic rings. The molecule has 96 valence electrons. The van der Waals surface area contributed by atoms with Gasteiger partial charge in [0.25, 0.3) is 0 Å². The van der Waals surface area contributed by atoms with E-state index in [9.17, 15) is 10.2 Å². The number of ether oxygens (including phenoxy) is 1. The Balaban J connectivity index is 2.68. The number of hydrogen-bond donors (Lipinski definition) is 2. The first kappa shape index (κ1) is 12.8. The Bertz CT molecular complexity index is 578. The normalized spacial score (nSPS) is 10.6. The van der Waals surface area contributed by atoms with Crippen LogP contribution in [0.25, 0.3) is 5.69 Å². The molecular weight excluding hydrogens is 298 g/mol. The van der Waals surface area contributed by atoms with Crippen molar-refractivity contribution in [2.24, 2.45) is 0 Å². The summed E-state index contributed by atoms with van der Waals surface area (Å²) in [5.74, 6) is 0.571. The van der Waals surface area contributed by atoms with Gasteiger partial charge in [-0.3, -0.25) is 0 Å². The quantitative estimate of drug-likeness (QED) is 0.856. The number of halogens is 1. The van der Waals surface area contributed by atoms with E-state index in [-0.39, 0.29) is 11.8 Å². The molecule has 2 rings (SSSR count). The summed E-state index contributed by atoms with van der Waals surface area (Å²) < 4.78 is 6.62. The van der Waals surface area contributed by atoms with Crippen LogP contribution in [0.2, 0.25) is 0 Å². The van der Waals surface area contributed by atoms with E-state index in [1.165, 1.54) is 10.6 Å². The molecule has 0 atom stereocenters. The van der Waals surface area contributed by atoms with Gasteiger partial charge in [0.1, 0.15) is 5.75 Å². The lowest BCUT2D eigenvalue weighted by atomic mass is 10.2. The summed E-state index contributed by atoms with van der Waals surface area (Å²) in [7, 11) is 1.55. The summed E-state index contributed by atoms with van der Waals surface area (Å²) in [6, 6.07) is 7.07. The van der Waals surface area contributed by atoms with Crippen LogP contribution in [-0.2, 0) is 5.33 Å². The number of nitrogens with zero attached hydrogens (tertiary/aromatic N) is 1. The number of aryl methyl sites for hydroxylation is 1. The van der Waals surface area contributed by atoms with Crippen LogP contribution in [-0.4, -0.2) is 21.9 Å². The average Bonchev–Trinajstić information content (AvgIpc) is 2.64. The summed E-state index contributed by atoms with van der Waals surface area (Å²) in [6.45, 7) is 1.94. The van der Waals surface area contributed by atoms with Gasteiger partial charge in [-0.05, 0) is 24.6 Å². The van der Waals surface area contributed by atoms with E-state index >= 15 is 0 Å². The van der Waals surface area contributed by atoms with Gasteiger partial charge in [0.2, 0.25) is 5.88 Å². The van der Waals surface area contributed by atoms with Crippen molar-refractivity contribution in [3.63, 3.8) is 0 Å². The minimum Gasteiger partial charge on any atom is -0.495 e. The molecule has 2 N–H and O–H groups in total. The zero-order valence-corrected chi connectivity index (χ0v) is 11.7. The second-order valence-electron chi connectivity index (χ2n) is 4.00. The maximum Gasteiger partial charge on any atom is 0.202 e. The van der Waals surface area contributed by atoms with Gasteiger partial charge in [-0.2, -0.15) is 0 Å². The second kappa shape index (κ2) is 4.94. The predicted molar refractivity (Wildman–Crippen MR) is 73.0 cm³/mol. The molecule has 1 aromatic carbocycles. The van der Waals surface area contributed by atoms with Gasteiger partial charge < -0.3 is 14.9 Å². The maximum atomic E-state index is 10.1. The number of aromatic hydroxyl groups is 2. The van der Waals surface area contributed by atoms with E-state index in [0.717, 1.165) is 5.56 Å². The summed E-state index contributed by atoms with van der Waals surface area (Å²) in [5.41, 5.74) is 2.24. The van der Waals surface area contributed by atoms with Gasteiger partial charge in [-0.1, -0.05) is 22.0 Å². The minimum absolute atomic E-state index is 0.00766. The van der Waals surface area contributed by atoms with Gasteiger partial charge in [-0.15, -0.1) is 0 Å². The third kappa shape index (κ3) is 2.06. The number of aromatic nitrogens is 1. The van der Waals surface area contributed by atoms with E-state index in [4.69, 9.17) is 4.74 Å². The van der Waals surface area contributed by atoms with E-state index < -0.39 is 0 Å². The highest BCUT2D eigenvalue weighted by Gasteiger charge is 2.17. The Kier molecular flexibility index (Phi) is 3.52. The molecule has 0 spiro atoms. The van der Waals surface area contributed by atoms with Crippen LogP contribution in [0.15, 0.2) is 24.3 Å². The summed E-state index contributed by atoms with van der Waals surface area (Å²) in [6.07, 6.45) is 0. The van der Waals surface area contributed by atoms with Crippen molar-refractivity contribution in [2.45, 2.75) is 12.3 Å². The standard InChI is InChI=1S/C13H14BrNO3/c1-8-3-4-11(18-2)10(5-8)15-12(16)6-9(7-14)13(15)17/h3-6,16-17H,7H2,1-2H3. The van der Waals surface area contributed by atoms with Crippen LogP contribution in [0, 0.1) is 6.92 Å². The molecule has 0 saturated heterocycles. The molecule has 5 heteroatoms. The second-order valence-corrected chi connectivity index (χ2v) is 4.56. The molecule has 0 unspecified atom stereocenters. The molecule has 1 heterocycles. The number of hydrogen-bond acceptors (Lipinski definition) is 3. The number of methoxy groups -OCH3 is 1. The number of alkyl halides is 1. The topological polar surface area (TPSA) is 54.6 Å². The zero-order valence-electron chi connectivity index (χ0n) is 10.1. The molecule has 0 fully saturated rings. The third-order valence-electron chi connectivity index (χ3n) is 2.75. The first-order valence-electron chi connectivity index (χ1n) is 5.42. The van der Waals surface area contributed by atoms with Crippen LogP contribution in [0.1, 0.15) is 11.1 Å². The first-order valence-corrected chi connectivity index (χ1v) is 6.54. The first-order chi connectivity index (χ1) is 8.58. The molecule has 18 heavy (non-hydrogen) atoms. The lowest BCUT2D eigenvalue weighted by Crippen LogP contribution is -1.98. The van der Waals surface area contributed by atoms with E-state index in [1.54, 1.807) is 13.2 Å². The summed E-state index contributed by atoms with van der Waals surface area (Å²) in [4.78, 5) is 0. The van der Waals surface area contributed by atoms with Gasteiger partial charge >= 0.3 is 0 Å². The van der Waals surface area contributed by atoms with Crippen LogP contribution in [0.4, 0.5) is 0 Å². The van der Waals surface area contributed by atoms with Gasteiger partial charge in [0.15, 0.2) is 5.88 Å². The van der Waals surface area contributed by atoms with Crippen molar-refractivity contribution in [2.75, 3.05) is 7.11 Å². The third-order valence-corrected chi connectivity index (χ3v) is 3.35. The van der Waals surface area contributed by atoms with Gasteiger partial charge in [-0.25, -0.2) is 4.57 Å². The highest BCUT2D eigenvalue weighted by Crippen LogP contribution is 2.36. The van der Waals surface area contributed by atoms with E-state index in [2.05, 4.69) is 15.9 Å². The molecule has 1 aromatic heterocycles. The molecule has 0 amide bonds. The van der Waals surface area contributed by atoms with Gasteiger partial charge in [0.05, 0.1) is 12.8 Å². The van der Waals surface area contributed by atoms with Crippen LogP contribution < -0.4 is 4.74 Å².